The fourth-order valence-electron chi connectivity index (χ4n) is 3.24. The number of rotatable bonds is 6. The maximum Gasteiger partial charge on any atom is 0.0946 e. The van der Waals surface area contributed by atoms with Crippen molar-refractivity contribution in [3.05, 3.63) is 102 Å². The summed E-state index contributed by atoms with van der Waals surface area (Å²) in [5.74, 6) is 1.00. The molecule has 26 heavy (non-hydrogen) atoms. The molecule has 0 saturated heterocycles. The monoisotopic (exact) mass is 358 g/mol. The van der Waals surface area contributed by atoms with Gasteiger partial charge in [-0.2, -0.15) is 0 Å². The summed E-state index contributed by atoms with van der Waals surface area (Å²) >= 11 is 2.00. The highest BCUT2D eigenvalue weighted by Gasteiger charge is 2.16. The minimum Gasteiger partial charge on any atom is -0.336 e. The van der Waals surface area contributed by atoms with Crippen molar-refractivity contribution in [2.45, 2.75) is 24.5 Å². The summed E-state index contributed by atoms with van der Waals surface area (Å²) in [6.07, 6.45) is 5.81. The molecule has 1 unspecified atom stereocenters. The first-order valence-corrected chi connectivity index (χ1v) is 9.95. The van der Waals surface area contributed by atoms with Crippen molar-refractivity contribution in [3.63, 3.8) is 0 Å². The molecule has 0 amide bonds. The van der Waals surface area contributed by atoms with Crippen molar-refractivity contribution < 1.29 is 0 Å². The summed E-state index contributed by atoms with van der Waals surface area (Å²) in [5, 5.41) is 3.02. The SMILES string of the molecule is Cc1ccc(CSC(Cn2ccnc2)c2cccc3ccccc23)cc1. The molecule has 130 valence electrons. The molecule has 3 heteroatoms. The Hall–Kier alpha value is -2.52. The van der Waals surface area contributed by atoms with Crippen molar-refractivity contribution >= 4 is 22.5 Å². The zero-order valence-corrected chi connectivity index (χ0v) is 15.7. The lowest BCUT2D eigenvalue weighted by Gasteiger charge is -2.20. The van der Waals surface area contributed by atoms with Gasteiger partial charge in [0.2, 0.25) is 0 Å². The highest BCUT2D eigenvalue weighted by Crippen LogP contribution is 2.37. The first kappa shape index (κ1) is 16.9. The van der Waals surface area contributed by atoms with Crippen LogP contribution >= 0.6 is 11.8 Å². The summed E-state index contributed by atoms with van der Waals surface area (Å²) in [5.41, 5.74) is 4.08. The lowest BCUT2D eigenvalue weighted by molar-refractivity contribution is 0.686. The molecular formula is C23H22N2S. The number of aryl methyl sites for hydroxylation is 1. The lowest BCUT2D eigenvalue weighted by atomic mass is 10.0. The Kier molecular flexibility index (Phi) is 5.07. The maximum absolute atomic E-state index is 4.21. The van der Waals surface area contributed by atoms with E-state index in [1.807, 2.05) is 30.5 Å². The molecule has 4 aromatic rings. The van der Waals surface area contributed by atoms with Gasteiger partial charge in [-0.1, -0.05) is 72.3 Å². The van der Waals surface area contributed by atoms with Crippen LogP contribution in [0.2, 0.25) is 0 Å². The molecule has 0 aliphatic heterocycles. The molecule has 0 N–H and O–H groups in total. The second-order valence-electron chi connectivity index (χ2n) is 6.61. The van der Waals surface area contributed by atoms with Crippen LogP contribution in [0.4, 0.5) is 0 Å². The predicted molar refractivity (Wildman–Crippen MR) is 111 cm³/mol. The Balaban J connectivity index is 1.64. The fourth-order valence-corrected chi connectivity index (χ4v) is 4.49. The van der Waals surface area contributed by atoms with E-state index in [1.165, 1.54) is 27.5 Å². The number of hydrogen-bond donors (Lipinski definition) is 0. The Bertz CT molecular complexity index is 969. The lowest BCUT2D eigenvalue weighted by Crippen LogP contribution is -2.06. The molecule has 4 rings (SSSR count). The molecule has 3 aromatic carbocycles. The highest BCUT2D eigenvalue weighted by molar-refractivity contribution is 7.98. The van der Waals surface area contributed by atoms with Crippen molar-refractivity contribution in [3.8, 4) is 0 Å². The summed E-state index contributed by atoms with van der Waals surface area (Å²) in [7, 11) is 0. The fraction of sp³-hybridized carbons (Fsp3) is 0.174. The second kappa shape index (κ2) is 7.79. The summed E-state index contributed by atoms with van der Waals surface area (Å²) < 4.78 is 2.18. The molecule has 1 aromatic heterocycles. The van der Waals surface area contributed by atoms with E-state index < -0.39 is 0 Å². The number of thioether (sulfide) groups is 1. The zero-order chi connectivity index (χ0) is 17.8. The van der Waals surface area contributed by atoms with Gasteiger partial charge in [0.15, 0.2) is 0 Å². The van der Waals surface area contributed by atoms with Crippen LogP contribution in [0.15, 0.2) is 85.5 Å². The summed E-state index contributed by atoms with van der Waals surface area (Å²) in [6, 6.07) is 24.2. The van der Waals surface area contributed by atoms with Crippen LogP contribution in [0, 0.1) is 6.92 Å². The van der Waals surface area contributed by atoms with Crippen molar-refractivity contribution in [2.24, 2.45) is 0 Å². The molecule has 2 nitrogen and oxygen atoms in total. The third-order valence-corrected chi connectivity index (χ3v) is 5.98. The Morgan fingerprint density at radius 2 is 1.77 bits per heavy atom. The average molecular weight is 359 g/mol. The van der Waals surface area contributed by atoms with Crippen LogP contribution in [0.5, 0.6) is 0 Å². The van der Waals surface area contributed by atoms with Gasteiger partial charge < -0.3 is 4.57 Å². The third-order valence-electron chi connectivity index (χ3n) is 4.68. The first-order valence-electron chi connectivity index (χ1n) is 8.90. The number of hydrogen-bond acceptors (Lipinski definition) is 2. The molecule has 1 heterocycles. The van der Waals surface area contributed by atoms with E-state index in [-0.39, 0.29) is 0 Å². The maximum atomic E-state index is 4.21. The Labute approximate surface area is 158 Å². The van der Waals surface area contributed by atoms with Gasteiger partial charge >= 0.3 is 0 Å². The molecule has 0 bridgehead atoms. The van der Waals surface area contributed by atoms with Gasteiger partial charge in [-0.25, -0.2) is 4.98 Å². The minimum absolute atomic E-state index is 0.372. The van der Waals surface area contributed by atoms with Crippen LogP contribution in [0.1, 0.15) is 21.9 Å². The largest absolute Gasteiger partial charge is 0.336 e. The van der Waals surface area contributed by atoms with Gasteiger partial charge in [-0.3, -0.25) is 0 Å². The van der Waals surface area contributed by atoms with E-state index in [1.54, 1.807) is 0 Å². The predicted octanol–water partition coefficient (Wildman–Crippen LogP) is 6.02. The molecule has 0 spiro atoms. The topological polar surface area (TPSA) is 17.8 Å². The van der Waals surface area contributed by atoms with E-state index in [4.69, 9.17) is 0 Å². The number of nitrogens with zero attached hydrogens (tertiary/aromatic N) is 2. The van der Waals surface area contributed by atoms with Gasteiger partial charge in [0, 0.05) is 29.9 Å². The van der Waals surface area contributed by atoms with E-state index in [0.29, 0.717) is 5.25 Å². The quantitative estimate of drug-likeness (QED) is 0.419. The van der Waals surface area contributed by atoms with Crippen LogP contribution in [-0.4, -0.2) is 9.55 Å². The molecule has 0 aliphatic carbocycles. The molecular weight excluding hydrogens is 336 g/mol. The van der Waals surface area contributed by atoms with Gasteiger partial charge in [0.05, 0.1) is 6.33 Å². The van der Waals surface area contributed by atoms with Crippen molar-refractivity contribution in [2.75, 3.05) is 0 Å². The van der Waals surface area contributed by atoms with Crippen LogP contribution < -0.4 is 0 Å². The number of benzene rings is 3. The second-order valence-corrected chi connectivity index (χ2v) is 7.80. The standard InChI is InChI=1S/C23H22N2S/c1-18-9-11-19(12-10-18)16-26-23(15-25-14-13-24-17-25)22-8-4-6-20-5-2-3-7-21(20)22/h2-14,17,23H,15-16H2,1H3. The minimum atomic E-state index is 0.372. The van der Waals surface area contributed by atoms with E-state index in [9.17, 15) is 0 Å². The van der Waals surface area contributed by atoms with Gasteiger partial charge in [-0.15, -0.1) is 11.8 Å². The van der Waals surface area contributed by atoms with Crippen molar-refractivity contribution in [1.82, 2.24) is 9.55 Å². The normalized spacial score (nSPS) is 12.3. The van der Waals surface area contributed by atoms with Crippen molar-refractivity contribution in [1.29, 1.82) is 0 Å². The van der Waals surface area contributed by atoms with Crippen LogP contribution in [0.3, 0.4) is 0 Å². The van der Waals surface area contributed by atoms with Gasteiger partial charge in [0.25, 0.3) is 0 Å². The molecule has 0 fully saturated rings. The highest BCUT2D eigenvalue weighted by atomic mass is 32.2. The van der Waals surface area contributed by atoms with Gasteiger partial charge in [0.1, 0.15) is 0 Å². The summed E-state index contributed by atoms with van der Waals surface area (Å²) in [6.45, 7) is 3.05. The molecule has 0 saturated carbocycles. The number of imidazole rings is 1. The first-order chi connectivity index (χ1) is 12.8. The van der Waals surface area contributed by atoms with Gasteiger partial charge in [-0.05, 0) is 28.8 Å². The van der Waals surface area contributed by atoms with E-state index in [0.717, 1.165) is 12.3 Å². The Morgan fingerprint density at radius 3 is 2.58 bits per heavy atom. The average Bonchev–Trinajstić information content (AvgIpc) is 3.19. The zero-order valence-electron chi connectivity index (χ0n) is 14.9. The number of fused-ring (bicyclic) bond motifs is 1. The summed E-state index contributed by atoms with van der Waals surface area (Å²) in [4.78, 5) is 4.21. The van der Waals surface area contributed by atoms with E-state index >= 15 is 0 Å². The molecule has 1 atom stereocenters. The van der Waals surface area contributed by atoms with Crippen LogP contribution in [-0.2, 0) is 12.3 Å². The Morgan fingerprint density at radius 1 is 0.962 bits per heavy atom. The molecule has 0 radical (unpaired) electrons. The number of aromatic nitrogens is 2. The third kappa shape index (κ3) is 3.83. The smallest absolute Gasteiger partial charge is 0.0946 e. The molecule has 0 aliphatic rings. The van der Waals surface area contributed by atoms with E-state index in [2.05, 4.69) is 83.2 Å². The van der Waals surface area contributed by atoms with Crippen LogP contribution in [0.25, 0.3) is 10.8 Å².